The molecule has 0 spiro atoms. The van der Waals surface area contributed by atoms with Crippen molar-refractivity contribution in [3.63, 3.8) is 0 Å². The Hall–Kier alpha value is -0.340. The maximum atomic E-state index is 2.35. The highest BCUT2D eigenvalue weighted by molar-refractivity contribution is 7.09. The first-order chi connectivity index (χ1) is 8.14. The van der Waals surface area contributed by atoms with E-state index in [1.165, 1.54) is 56.5 Å². The summed E-state index contributed by atoms with van der Waals surface area (Å²) < 4.78 is 1.13. The minimum absolute atomic E-state index is 1.13. The van der Waals surface area contributed by atoms with Gasteiger partial charge in [-0.05, 0) is 24.3 Å². The standard InChI is InChI=1S/C15H28NS/c1-4-5-6-7-8-9-12-16(2,3)14-15-11-10-13-17-15/h10-11,13H,4-9,12,14H2,1-3H3/q+1. The van der Waals surface area contributed by atoms with Crippen LogP contribution in [0.4, 0.5) is 0 Å². The zero-order chi connectivity index (χ0) is 12.6. The van der Waals surface area contributed by atoms with Gasteiger partial charge in [-0.1, -0.05) is 38.7 Å². The van der Waals surface area contributed by atoms with E-state index in [9.17, 15) is 0 Å². The van der Waals surface area contributed by atoms with Crippen LogP contribution in [-0.4, -0.2) is 25.1 Å². The van der Waals surface area contributed by atoms with E-state index < -0.39 is 0 Å². The molecule has 0 saturated carbocycles. The van der Waals surface area contributed by atoms with Gasteiger partial charge in [-0.2, -0.15) is 0 Å². The molecule has 1 aromatic rings. The molecule has 0 aliphatic heterocycles. The molecule has 1 heterocycles. The van der Waals surface area contributed by atoms with E-state index in [2.05, 4.69) is 38.5 Å². The van der Waals surface area contributed by atoms with Gasteiger partial charge in [0.15, 0.2) is 0 Å². The molecule has 2 heteroatoms. The fraction of sp³-hybridized carbons (Fsp3) is 0.733. The Kier molecular flexibility index (Phi) is 6.83. The second kappa shape index (κ2) is 7.88. The third kappa shape index (κ3) is 6.85. The van der Waals surface area contributed by atoms with Crippen LogP contribution in [0.1, 0.15) is 50.3 Å². The van der Waals surface area contributed by atoms with Crippen LogP contribution in [0.2, 0.25) is 0 Å². The maximum Gasteiger partial charge on any atom is 0.113 e. The lowest BCUT2D eigenvalue weighted by atomic mass is 10.1. The Morgan fingerprint density at radius 2 is 1.76 bits per heavy atom. The molecule has 0 amide bonds. The summed E-state index contributed by atoms with van der Waals surface area (Å²) in [4.78, 5) is 1.51. The second-order valence-corrected chi connectivity index (χ2v) is 6.70. The van der Waals surface area contributed by atoms with Gasteiger partial charge in [-0.3, -0.25) is 0 Å². The van der Waals surface area contributed by atoms with Gasteiger partial charge in [-0.15, -0.1) is 11.3 Å². The first-order valence-electron chi connectivity index (χ1n) is 6.98. The summed E-state index contributed by atoms with van der Waals surface area (Å²) >= 11 is 1.88. The van der Waals surface area contributed by atoms with E-state index in [-0.39, 0.29) is 0 Å². The molecule has 0 aliphatic carbocycles. The summed E-state index contributed by atoms with van der Waals surface area (Å²) in [6.07, 6.45) is 8.39. The van der Waals surface area contributed by atoms with Gasteiger partial charge in [0, 0.05) is 0 Å². The number of nitrogens with zero attached hydrogens (tertiary/aromatic N) is 1. The number of unbranched alkanes of at least 4 members (excludes halogenated alkanes) is 5. The molecule has 0 N–H and O–H groups in total. The first-order valence-corrected chi connectivity index (χ1v) is 7.86. The van der Waals surface area contributed by atoms with Crippen molar-refractivity contribution in [1.29, 1.82) is 0 Å². The van der Waals surface area contributed by atoms with Crippen molar-refractivity contribution in [3.05, 3.63) is 22.4 Å². The zero-order valence-corrected chi connectivity index (χ0v) is 12.6. The summed E-state index contributed by atoms with van der Waals surface area (Å²) in [5, 5.41) is 2.18. The average Bonchev–Trinajstić information content (AvgIpc) is 2.75. The van der Waals surface area contributed by atoms with Gasteiger partial charge in [0.05, 0.1) is 25.5 Å². The number of rotatable bonds is 9. The van der Waals surface area contributed by atoms with Crippen LogP contribution in [0.25, 0.3) is 0 Å². The van der Waals surface area contributed by atoms with E-state index in [1.54, 1.807) is 0 Å². The summed E-state index contributed by atoms with van der Waals surface area (Å²) in [6.45, 7) is 4.78. The Labute approximate surface area is 111 Å². The molecule has 0 fully saturated rings. The van der Waals surface area contributed by atoms with Crippen molar-refractivity contribution < 1.29 is 4.48 Å². The van der Waals surface area contributed by atoms with Crippen LogP contribution in [0, 0.1) is 0 Å². The molecule has 1 nitrogen and oxygen atoms in total. The van der Waals surface area contributed by atoms with Gasteiger partial charge in [0.2, 0.25) is 0 Å². The molecule has 1 rings (SSSR count). The monoisotopic (exact) mass is 254 g/mol. The van der Waals surface area contributed by atoms with Crippen LogP contribution in [-0.2, 0) is 6.54 Å². The predicted octanol–water partition coefficient (Wildman–Crippen LogP) is 4.69. The molecular formula is C15H28NS+. The predicted molar refractivity (Wildman–Crippen MR) is 78.4 cm³/mol. The van der Waals surface area contributed by atoms with E-state index in [0.717, 1.165) is 4.48 Å². The normalized spacial score (nSPS) is 11.9. The lowest BCUT2D eigenvalue weighted by Crippen LogP contribution is -2.39. The number of hydrogen-bond donors (Lipinski definition) is 0. The van der Waals surface area contributed by atoms with E-state index in [4.69, 9.17) is 0 Å². The van der Waals surface area contributed by atoms with Crippen LogP contribution in [0.15, 0.2) is 17.5 Å². The average molecular weight is 254 g/mol. The molecule has 0 bridgehead atoms. The molecule has 0 radical (unpaired) electrons. The summed E-state index contributed by atoms with van der Waals surface area (Å²) in [6, 6.07) is 4.41. The van der Waals surface area contributed by atoms with Crippen molar-refractivity contribution in [3.8, 4) is 0 Å². The fourth-order valence-corrected chi connectivity index (χ4v) is 3.14. The molecular weight excluding hydrogens is 226 g/mol. The van der Waals surface area contributed by atoms with Gasteiger partial charge in [0.25, 0.3) is 0 Å². The molecule has 17 heavy (non-hydrogen) atoms. The maximum absolute atomic E-state index is 2.35. The quantitative estimate of drug-likeness (QED) is 0.443. The molecule has 98 valence electrons. The largest absolute Gasteiger partial charge is 0.324 e. The van der Waals surface area contributed by atoms with E-state index in [1.807, 2.05) is 11.3 Å². The van der Waals surface area contributed by atoms with Crippen LogP contribution < -0.4 is 0 Å². The van der Waals surface area contributed by atoms with E-state index >= 15 is 0 Å². The van der Waals surface area contributed by atoms with Gasteiger partial charge in [0.1, 0.15) is 6.54 Å². The number of quaternary nitrogens is 1. The smallest absolute Gasteiger partial charge is 0.113 e. The van der Waals surface area contributed by atoms with Crippen molar-refractivity contribution in [2.75, 3.05) is 20.6 Å². The molecule has 0 saturated heterocycles. The van der Waals surface area contributed by atoms with Gasteiger partial charge >= 0.3 is 0 Å². The van der Waals surface area contributed by atoms with Crippen molar-refractivity contribution in [1.82, 2.24) is 0 Å². The van der Waals surface area contributed by atoms with Crippen molar-refractivity contribution in [2.45, 2.75) is 52.0 Å². The molecule has 0 unspecified atom stereocenters. The van der Waals surface area contributed by atoms with Crippen LogP contribution in [0.5, 0.6) is 0 Å². The highest BCUT2D eigenvalue weighted by atomic mass is 32.1. The Balaban J connectivity index is 2.12. The number of thiophene rings is 1. The minimum Gasteiger partial charge on any atom is -0.324 e. The van der Waals surface area contributed by atoms with Crippen LogP contribution >= 0.6 is 11.3 Å². The highest BCUT2D eigenvalue weighted by Gasteiger charge is 2.15. The molecule has 0 aromatic carbocycles. The summed E-state index contributed by atoms with van der Waals surface area (Å²) in [5.74, 6) is 0. The van der Waals surface area contributed by atoms with E-state index in [0.29, 0.717) is 0 Å². The topological polar surface area (TPSA) is 0 Å². The SMILES string of the molecule is CCCCCCCC[N+](C)(C)Cc1cccs1. The third-order valence-electron chi connectivity index (χ3n) is 3.28. The first kappa shape index (κ1) is 14.7. The summed E-state index contributed by atoms with van der Waals surface area (Å²) in [7, 11) is 4.71. The van der Waals surface area contributed by atoms with Crippen molar-refractivity contribution >= 4 is 11.3 Å². The zero-order valence-electron chi connectivity index (χ0n) is 11.7. The third-order valence-corrected chi connectivity index (χ3v) is 4.14. The van der Waals surface area contributed by atoms with Gasteiger partial charge < -0.3 is 4.48 Å². The second-order valence-electron chi connectivity index (χ2n) is 5.66. The van der Waals surface area contributed by atoms with Gasteiger partial charge in [-0.25, -0.2) is 0 Å². The summed E-state index contributed by atoms with van der Waals surface area (Å²) in [5.41, 5.74) is 0. The Morgan fingerprint density at radius 1 is 1.06 bits per heavy atom. The molecule has 0 aliphatic rings. The Morgan fingerprint density at radius 3 is 2.41 bits per heavy atom. The highest BCUT2D eigenvalue weighted by Crippen LogP contribution is 2.16. The number of hydrogen-bond acceptors (Lipinski definition) is 1. The lowest BCUT2D eigenvalue weighted by Gasteiger charge is -2.29. The lowest BCUT2D eigenvalue weighted by molar-refractivity contribution is -0.903. The van der Waals surface area contributed by atoms with Crippen LogP contribution in [0.3, 0.4) is 0 Å². The Bertz CT molecular complexity index is 277. The fourth-order valence-electron chi connectivity index (χ4n) is 2.22. The minimum atomic E-state index is 1.13. The molecule has 1 aromatic heterocycles. The molecule has 0 atom stereocenters. The van der Waals surface area contributed by atoms with Crippen molar-refractivity contribution in [2.24, 2.45) is 0 Å².